The van der Waals surface area contributed by atoms with E-state index >= 15 is 0 Å². The molecule has 23 heavy (non-hydrogen) atoms. The van der Waals surface area contributed by atoms with Gasteiger partial charge in [-0.1, -0.05) is 23.7 Å². The summed E-state index contributed by atoms with van der Waals surface area (Å²) in [6.45, 7) is 0.327. The highest BCUT2D eigenvalue weighted by molar-refractivity contribution is 7.09. The van der Waals surface area contributed by atoms with Crippen molar-refractivity contribution in [2.45, 2.75) is 19.1 Å². The number of aliphatic carboxylic acids is 1. The fourth-order valence-electron chi connectivity index (χ4n) is 1.96. The van der Waals surface area contributed by atoms with Crippen LogP contribution in [-0.2, 0) is 16.1 Å². The van der Waals surface area contributed by atoms with Crippen molar-refractivity contribution in [3.63, 3.8) is 0 Å². The first-order chi connectivity index (χ1) is 11.0. The lowest BCUT2D eigenvalue weighted by atomic mass is 10.0. The van der Waals surface area contributed by atoms with Crippen LogP contribution in [0.4, 0.5) is 0 Å². The zero-order valence-corrected chi connectivity index (χ0v) is 13.9. The molecule has 0 aliphatic carbocycles. The molecule has 1 amide bonds. The fourth-order valence-corrected chi connectivity index (χ4v) is 2.83. The van der Waals surface area contributed by atoms with Crippen LogP contribution >= 0.6 is 22.9 Å². The first kappa shape index (κ1) is 17.4. The predicted octanol–water partition coefficient (Wildman–Crippen LogP) is 2.89. The Hall–Kier alpha value is -1.96. The van der Waals surface area contributed by atoms with Crippen LogP contribution in [0.3, 0.4) is 0 Å². The van der Waals surface area contributed by atoms with E-state index in [-0.39, 0.29) is 12.1 Å². The van der Waals surface area contributed by atoms with Gasteiger partial charge in [0, 0.05) is 17.5 Å². The summed E-state index contributed by atoms with van der Waals surface area (Å²) in [5.74, 6) is -1.44. The van der Waals surface area contributed by atoms with Crippen molar-refractivity contribution in [3.8, 4) is 0 Å². The van der Waals surface area contributed by atoms with Crippen molar-refractivity contribution in [2.75, 3.05) is 7.11 Å². The highest BCUT2D eigenvalue weighted by Gasteiger charge is 2.20. The summed E-state index contributed by atoms with van der Waals surface area (Å²) in [5.41, 5.74) is 0.906. The second kappa shape index (κ2) is 8.05. The van der Waals surface area contributed by atoms with E-state index in [9.17, 15) is 9.59 Å². The minimum atomic E-state index is -1.01. The maximum atomic E-state index is 12.3. The number of benzene rings is 1. The summed E-state index contributed by atoms with van der Waals surface area (Å²) in [4.78, 5) is 27.5. The van der Waals surface area contributed by atoms with Crippen molar-refractivity contribution in [2.24, 2.45) is 0 Å². The Balaban J connectivity index is 2.14. The Kier molecular flexibility index (Phi) is 6.09. The molecule has 0 fully saturated rings. The molecule has 2 rings (SSSR count). The number of aromatic nitrogens is 1. The van der Waals surface area contributed by atoms with Gasteiger partial charge in [-0.15, -0.1) is 11.3 Å². The van der Waals surface area contributed by atoms with Crippen LogP contribution in [0.1, 0.15) is 33.5 Å². The molecule has 2 aromatic rings. The van der Waals surface area contributed by atoms with Crippen LogP contribution in [0.15, 0.2) is 29.6 Å². The monoisotopic (exact) mass is 354 g/mol. The summed E-state index contributed by atoms with van der Waals surface area (Å²) in [5, 5.41) is 14.6. The van der Waals surface area contributed by atoms with E-state index in [4.69, 9.17) is 21.4 Å². The number of nitrogens with zero attached hydrogens (tertiary/aromatic N) is 1. The summed E-state index contributed by atoms with van der Waals surface area (Å²) < 4.78 is 4.96. The molecular weight excluding hydrogens is 340 g/mol. The van der Waals surface area contributed by atoms with E-state index in [0.29, 0.717) is 22.2 Å². The molecule has 0 radical (unpaired) electrons. The number of hydrogen-bond acceptors (Lipinski definition) is 5. The van der Waals surface area contributed by atoms with Crippen LogP contribution in [0.2, 0.25) is 5.02 Å². The molecule has 1 aromatic carbocycles. The number of amides is 1. The lowest BCUT2D eigenvalue weighted by Gasteiger charge is -2.17. The van der Waals surface area contributed by atoms with Crippen LogP contribution in [-0.4, -0.2) is 29.1 Å². The highest BCUT2D eigenvalue weighted by Crippen LogP contribution is 2.20. The van der Waals surface area contributed by atoms with Gasteiger partial charge in [0.15, 0.2) is 0 Å². The maximum Gasteiger partial charge on any atom is 0.305 e. The number of thiazole rings is 1. The number of halogens is 1. The molecule has 8 heteroatoms. The van der Waals surface area contributed by atoms with Crippen LogP contribution in [0.25, 0.3) is 0 Å². The average Bonchev–Trinajstić information content (AvgIpc) is 2.96. The SMILES string of the molecule is COCc1nc(C(=O)N[C@@H](CC(=O)O)c2ccc(Cl)cc2)cs1. The van der Waals surface area contributed by atoms with Crippen LogP contribution in [0, 0.1) is 0 Å². The molecule has 1 atom stereocenters. The lowest BCUT2D eigenvalue weighted by Crippen LogP contribution is -2.30. The van der Waals surface area contributed by atoms with E-state index in [1.54, 1.807) is 36.8 Å². The van der Waals surface area contributed by atoms with E-state index in [0.717, 1.165) is 0 Å². The molecule has 2 N–H and O–H groups in total. The number of nitrogens with one attached hydrogen (secondary N) is 1. The van der Waals surface area contributed by atoms with E-state index in [2.05, 4.69) is 10.3 Å². The Morgan fingerprint density at radius 1 is 1.39 bits per heavy atom. The Labute approximate surface area is 142 Å². The van der Waals surface area contributed by atoms with E-state index < -0.39 is 17.9 Å². The minimum absolute atomic E-state index is 0.234. The van der Waals surface area contributed by atoms with Crippen molar-refractivity contribution in [3.05, 3.63) is 50.9 Å². The zero-order chi connectivity index (χ0) is 16.8. The van der Waals surface area contributed by atoms with E-state index in [1.165, 1.54) is 11.3 Å². The molecule has 0 bridgehead atoms. The molecule has 6 nitrogen and oxygen atoms in total. The largest absolute Gasteiger partial charge is 0.481 e. The van der Waals surface area contributed by atoms with Crippen LogP contribution in [0.5, 0.6) is 0 Å². The summed E-state index contributed by atoms with van der Waals surface area (Å²) in [6, 6.07) is 6.01. The molecule has 0 saturated heterocycles. The Bertz CT molecular complexity index is 687. The van der Waals surface area contributed by atoms with Crippen LogP contribution < -0.4 is 5.32 Å². The van der Waals surface area contributed by atoms with Crippen molar-refractivity contribution in [1.82, 2.24) is 10.3 Å². The predicted molar refractivity (Wildman–Crippen MR) is 86.7 cm³/mol. The fraction of sp³-hybridized carbons (Fsp3) is 0.267. The normalized spacial score (nSPS) is 11.9. The number of carboxylic acid groups (broad SMARTS) is 1. The maximum absolute atomic E-state index is 12.3. The molecule has 0 unspecified atom stereocenters. The van der Waals surface area contributed by atoms with Gasteiger partial charge in [0.25, 0.3) is 5.91 Å². The molecule has 1 aromatic heterocycles. The average molecular weight is 355 g/mol. The topological polar surface area (TPSA) is 88.5 Å². The van der Waals surface area contributed by atoms with Crippen molar-refractivity contribution < 1.29 is 19.4 Å². The van der Waals surface area contributed by atoms with Crippen molar-refractivity contribution in [1.29, 1.82) is 0 Å². The van der Waals surface area contributed by atoms with Gasteiger partial charge in [0.2, 0.25) is 0 Å². The molecule has 1 heterocycles. The number of ether oxygens (including phenoxy) is 1. The van der Waals surface area contributed by atoms with Gasteiger partial charge in [-0.2, -0.15) is 0 Å². The molecular formula is C15H15ClN2O4S. The highest BCUT2D eigenvalue weighted by atomic mass is 35.5. The molecule has 122 valence electrons. The minimum Gasteiger partial charge on any atom is -0.481 e. The van der Waals surface area contributed by atoms with Gasteiger partial charge >= 0.3 is 5.97 Å². The van der Waals surface area contributed by atoms with Gasteiger partial charge in [0.1, 0.15) is 10.7 Å². The molecule has 0 aliphatic heterocycles. The molecule has 0 spiro atoms. The Morgan fingerprint density at radius 3 is 2.70 bits per heavy atom. The quantitative estimate of drug-likeness (QED) is 0.798. The Morgan fingerprint density at radius 2 is 2.09 bits per heavy atom. The van der Waals surface area contributed by atoms with Gasteiger partial charge in [0.05, 0.1) is 19.1 Å². The third-order valence-electron chi connectivity index (χ3n) is 3.01. The summed E-state index contributed by atoms with van der Waals surface area (Å²) in [7, 11) is 1.55. The number of methoxy groups -OCH3 is 1. The smallest absolute Gasteiger partial charge is 0.305 e. The second-order valence-corrected chi connectivity index (χ2v) is 6.11. The number of carbonyl (C=O) groups excluding carboxylic acids is 1. The summed E-state index contributed by atoms with van der Waals surface area (Å²) in [6.07, 6.45) is -0.234. The molecule has 0 aliphatic rings. The number of hydrogen-bond donors (Lipinski definition) is 2. The zero-order valence-electron chi connectivity index (χ0n) is 12.3. The number of carbonyl (C=O) groups is 2. The second-order valence-electron chi connectivity index (χ2n) is 4.73. The van der Waals surface area contributed by atoms with Crippen molar-refractivity contribution >= 4 is 34.8 Å². The number of rotatable bonds is 7. The summed E-state index contributed by atoms with van der Waals surface area (Å²) >= 11 is 7.14. The third kappa shape index (κ3) is 5.02. The van der Waals surface area contributed by atoms with Gasteiger partial charge in [-0.25, -0.2) is 4.98 Å². The third-order valence-corrected chi connectivity index (χ3v) is 4.08. The van der Waals surface area contributed by atoms with Gasteiger partial charge in [-0.05, 0) is 17.7 Å². The lowest BCUT2D eigenvalue weighted by molar-refractivity contribution is -0.137. The van der Waals surface area contributed by atoms with E-state index in [1.807, 2.05) is 0 Å². The van der Waals surface area contributed by atoms with Gasteiger partial charge < -0.3 is 15.2 Å². The first-order valence-corrected chi connectivity index (χ1v) is 7.97. The van der Waals surface area contributed by atoms with Gasteiger partial charge in [-0.3, -0.25) is 9.59 Å². The molecule has 0 saturated carbocycles. The standard InChI is InChI=1S/C15H15ClN2O4S/c1-22-7-13-17-12(8-23-13)15(21)18-11(6-14(19)20)9-2-4-10(16)5-3-9/h2-5,8,11H,6-7H2,1H3,(H,18,21)(H,19,20)/t11-/m0/s1. The number of carboxylic acids is 1. The first-order valence-electron chi connectivity index (χ1n) is 6.71.